The molecule has 1 heterocycles. The maximum absolute atomic E-state index is 12.1. The van der Waals surface area contributed by atoms with Crippen molar-refractivity contribution in [3.63, 3.8) is 0 Å². The smallest absolute Gasteiger partial charge is 0.374 e. The third kappa shape index (κ3) is 2.49. The van der Waals surface area contributed by atoms with Crippen LogP contribution < -0.4 is 10.2 Å². The minimum absolute atomic E-state index is 0.131. The molecule has 0 spiro atoms. The number of methoxy groups -OCH3 is 1. The highest BCUT2D eigenvalue weighted by molar-refractivity contribution is 9.10. The predicted octanol–water partition coefficient (Wildman–Crippen LogP) is 2.74. The molecule has 1 aromatic carbocycles. The quantitative estimate of drug-likeness (QED) is 0.811. The van der Waals surface area contributed by atoms with Gasteiger partial charge in [-0.1, -0.05) is 0 Å². The van der Waals surface area contributed by atoms with Gasteiger partial charge in [0.1, 0.15) is 11.1 Å². The van der Waals surface area contributed by atoms with Crippen molar-refractivity contribution >= 4 is 32.9 Å². The Balaban J connectivity index is 2.73. The van der Waals surface area contributed by atoms with Gasteiger partial charge >= 0.3 is 5.97 Å². The van der Waals surface area contributed by atoms with Crippen LogP contribution in [0.4, 0.5) is 0 Å². The molecule has 1 aromatic heterocycles. The molecular formula is C13H11BrO5. The topological polar surface area (TPSA) is 65.7 Å². The Morgan fingerprint density at radius 3 is 2.79 bits per heavy atom. The van der Waals surface area contributed by atoms with Crippen LogP contribution in [-0.4, -0.2) is 19.7 Å². The first-order valence-electron chi connectivity index (χ1n) is 5.56. The van der Waals surface area contributed by atoms with E-state index in [1.54, 1.807) is 19.1 Å². The number of rotatable bonds is 3. The number of carbonyl (C=O) groups excluding carboxylic acids is 1. The molecule has 0 unspecified atom stereocenters. The lowest BCUT2D eigenvalue weighted by atomic mass is 10.2. The van der Waals surface area contributed by atoms with Gasteiger partial charge in [0.2, 0.25) is 5.76 Å². The summed E-state index contributed by atoms with van der Waals surface area (Å²) in [7, 11) is 1.46. The number of hydrogen-bond acceptors (Lipinski definition) is 5. The first kappa shape index (κ1) is 13.6. The maximum Gasteiger partial charge on any atom is 0.374 e. The van der Waals surface area contributed by atoms with Crippen molar-refractivity contribution in [3.8, 4) is 5.75 Å². The Morgan fingerprint density at radius 2 is 2.16 bits per heavy atom. The highest BCUT2D eigenvalue weighted by Gasteiger charge is 2.17. The molecule has 100 valence electrons. The summed E-state index contributed by atoms with van der Waals surface area (Å²) < 4.78 is 15.9. The van der Waals surface area contributed by atoms with E-state index in [-0.39, 0.29) is 28.8 Å². The molecule has 0 aliphatic carbocycles. The molecule has 19 heavy (non-hydrogen) atoms. The highest BCUT2D eigenvalue weighted by Crippen LogP contribution is 2.29. The summed E-state index contributed by atoms with van der Waals surface area (Å²) in [6, 6.07) is 4.43. The zero-order chi connectivity index (χ0) is 14.0. The van der Waals surface area contributed by atoms with Crippen LogP contribution in [0.15, 0.2) is 31.9 Å². The van der Waals surface area contributed by atoms with Crippen LogP contribution in [0.5, 0.6) is 5.75 Å². The number of halogens is 1. The van der Waals surface area contributed by atoms with Gasteiger partial charge < -0.3 is 13.9 Å². The second-order valence-corrected chi connectivity index (χ2v) is 4.50. The summed E-state index contributed by atoms with van der Waals surface area (Å²) in [5.74, 6) is -0.410. The van der Waals surface area contributed by atoms with Crippen molar-refractivity contribution in [2.75, 3.05) is 13.7 Å². The molecule has 6 heteroatoms. The Morgan fingerprint density at radius 1 is 1.42 bits per heavy atom. The number of carbonyl (C=O) groups is 1. The fourth-order valence-electron chi connectivity index (χ4n) is 1.68. The van der Waals surface area contributed by atoms with Gasteiger partial charge in [0.25, 0.3) is 0 Å². The molecule has 5 nitrogen and oxygen atoms in total. The third-order valence-electron chi connectivity index (χ3n) is 2.49. The van der Waals surface area contributed by atoms with Gasteiger partial charge in [0, 0.05) is 6.07 Å². The normalized spacial score (nSPS) is 10.5. The first-order chi connectivity index (χ1) is 9.08. The SMILES string of the molecule is CCOC(=O)c1cc(=O)c2c(OC)ccc(Br)c2o1. The second-order valence-electron chi connectivity index (χ2n) is 3.65. The summed E-state index contributed by atoms with van der Waals surface area (Å²) >= 11 is 3.28. The summed E-state index contributed by atoms with van der Waals surface area (Å²) in [5.41, 5.74) is -0.0997. The molecule has 0 bridgehead atoms. The van der Waals surface area contributed by atoms with E-state index in [2.05, 4.69) is 15.9 Å². The van der Waals surface area contributed by atoms with E-state index in [0.29, 0.717) is 10.2 Å². The van der Waals surface area contributed by atoms with E-state index >= 15 is 0 Å². The van der Waals surface area contributed by atoms with Crippen molar-refractivity contribution < 1.29 is 18.7 Å². The van der Waals surface area contributed by atoms with E-state index < -0.39 is 5.97 Å². The molecule has 0 N–H and O–H groups in total. The fourth-order valence-corrected chi connectivity index (χ4v) is 2.09. The average molecular weight is 327 g/mol. The van der Waals surface area contributed by atoms with Crippen LogP contribution >= 0.6 is 15.9 Å². The van der Waals surface area contributed by atoms with E-state index in [1.807, 2.05) is 0 Å². The average Bonchev–Trinajstić information content (AvgIpc) is 2.40. The molecule has 2 aromatic rings. The highest BCUT2D eigenvalue weighted by atomic mass is 79.9. The Hall–Kier alpha value is -1.82. The standard InChI is InChI=1S/C13H11BrO5/c1-3-18-13(16)10-6-8(15)11-9(17-2)5-4-7(14)12(11)19-10/h4-6H,3H2,1-2H3. The molecule has 2 rings (SSSR count). The van der Waals surface area contributed by atoms with Gasteiger partial charge in [0.05, 0.1) is 18.2 Å². The summed E-state index contributed by atoms with van der Waals surface area (Å²) in [6.45, 7) is 1.88. The molecule has 0 radical (unpaired) electrons. The minimum Gasteiger partial charge on any atom is -0.496 e. The molecule has 0 saturated heterocycles. The molecule has 0 aliphatic rings. The zero-order valence-electron chi connectivity index (χ0n) is 10.4. The molecule has 0 aliphatic heterocycles. The van der Waals surface area contributed by atoms with Crippen LogP contribution in [0.3, 0.4) is 0 Å². The Kier molecular flexibility index (Phi) is 3.90. The van der Waals surface area contributed by atoms with Gasteiger partial charge in [-0.05, 0) is 35.0 Å². The van der Waals surface area contributed by atoms with E-state index in [9.17, 15) is 9.59 Å². The maximum atomic E-state index is 12.1. The second kappa shape index (κ2) is 5.44. The Labute approximate surface area is 117 Å². The summed E-state index contributed by atoms with van der Waals surface area (Å²) in [6.07, 6.45) is 0. The van der Waals surface area contributed by atoms with E-state index in [4.69, 9.17) is 13.9 Å². The van der Waals surface area contributed by atoms with Gasteiger partial charge in [-0.25, -0.2) is 4.79 Å². The van der Waals surface area contributed by atoms with Gasteiger partial charge in [-0.2, -0.15) is 0 Å². The lowest BCUT2D eigenvalue weighted by molar-refractivity contribution is 0.0490. The van der Waals surface area contributed by atoms with E-state index in [0.717, 1.165) is 6.07 Å². The van der Waals surface area contributed by atoms with E-state index in [1.165, 1.54) is 7.11 Å². The third-order valence-corrected chi connectivity index (χ3v) is 3.11. The predicted molar refractivity (Wildman–Crippen MR) is 72.7 cm³/mol. The van der Waals surface area contributed by atoms with Crippen molar-refractivity contribution in [1.29, 1.82) is 0 Å². The van der Waals surface area contributed by atoms with Crippen molar-refractivity contribution in [2.45, 2.75) is 6.92 Å². The van der Waals surface area contributed by atoms with Crippen molar-refractivity contribution in [3.05, 3.63) is 38.7 Å². The lowest BCUT2D eigenvalue weighted by Gasteiger charge is -2.07. The zero-order valence-corrected chi connectivity index (χ0v) is 11.9. The van der Waals surface area contributed by atoms with Crippen molar-refractivity contribution in [2.24, 2.45) is 0 Å². The van der Waals surface area contributed by atoms with Crippen LogP contribution in [0.25, 0.3) is 11.0 Å². The number of ether oxygens (including phenoxy) is 2. The number of hydrogen-bond donors (Lipinski definition) is 0. The fraction of sp³-hybridized carbons (Fsp3) is 0.231. The first-order valence-corrected chi connectivity index (χ1v) is 6.35. The van der Waals surface area contributed by atoms with Crippen LogP contribution in [0.1, 0.15) is 17.5 Å². The minimum atomic E-state index is -0.670. The van der Waals surface area contributed by atoms with Crippen LogP contribution in [0.2, 0.25) is 0 Å². The summed E-state index contributed by atoms with van der Waals surface area (Å²) in [4.78, 5) is 23.7. The van der Waals surface area contributed by atoms with Gasteiger partial charge in [-0.15, -0.1) is 0 Å². The molecule has 0 fully saturated rings. The number of fused-ring (bicyclic) bond motifs is 1. The number of esters is 1. The van der Waals surface area contributed by atoms with Crippen molar-refractivity contribution in [1.82, 2.24) is 0 Å². The van der Waals surface area contributed by atoms with Crippen LogP contribution in [-0.2, 0) is 4.74 Å². The van der Waals surface area contributed by atoms with Gasteiger partial charge in [0.15, 0.2) is 11.0 Å². The lowest BCUT2D eigenvalue weighted by Crippen LogP contribution is -2.10. The number of benzene rings is 1. The molecule has 0 atom stereocenters. The van der Waals surface area contributed by atoms with Gasteiger partial charge in [-0.3, -0.25) is 4.79 Å². The van der Waals surface area contributed by atoms with Crippen LogP contribution in [0, 0.1) is 0 Å². The largest absolute Gasteiger partial charge is 0.496 e. The monoisotopic (exact) mass is 326 g/mol. The molecule has 0 saturated carbocycles. The summed E-state index contributed by atoms with van der Waals surface area (Å²) in [5, 5.41) is 0.282. The Bertz CT molecular complexity index is 689. The molecule has 0 amide bonds. The molecular weight excluding hydrogens is 316 g/mol.